The normalized spacial score (nSPS) is 18.0. The first-order chi connectivity index (χ1) is 11.2. The summed E-state index contributed by atoms with van der Waals surface area (Å²) in [5.74, 6) is -1.52. The molecule has 1 aromatic rings. The van der Waals surface area contributed by atoms with Gasteiger partial charge in [0.2, 0.25) is 5.91 Å². The molecule has 0 aliphatic carbocycles. The fourth-order valence-corrected chi connectivity index (χ4v) is 3.69. The molecule has 1 fully saturated rings. The second-order valence-corrected chi connectivity index (χ2v) is 7.22. The van der Waals surface area contributed by atoms with Gasteiger partial charge in [-0.05, 0) is 38.1 Å². The van der Waals surface area contributed by atoms with Crippen LogP contribution in [-0.2, 0) is 15.0 Å². The Morgan fingerprint density at radius 1 is 1.25 bits per heavy atom. The fourth-order valence-electron chi connectivity index (χ4n) is 2.90. The van der Waals surface area contributed by atoms with Gasteiger partial charge in [-0.2, -0.15) is 8.42 Å². The quantitative estimate of drug-likeness (QED) is 0.729. The van der Waals surface area contributed by atoms with Gasteiger partial charge in [0.1, 0.15) is 0 Å². The topological polar surface area (TPSA) is 74.8 Å². The lowest BCUT2D eigenvalue weighted by Gasteiger charge is -2.20. The van der Waals surface area contributed by atoms with Crippen LogP contribution in [0.25, 0.3) is 0 Å². The van der Waals surface area contributed by atoms with Gasteiger partial charge >= 0.3 is 10.2 Å². The number of amides is 2. The molecule has 0 aromatic heterocycles. The molecule has 8 heteroatoms. The SMILES string of the molecule is CCN(CC)C(=O)c1ccc(N2CC(CS(=O)(=O)F)CC2=O)cc1. The van der Waals surface area contributed by atoms with Crippen molar-refractivity contribution in [3.8, 4) is 0 Å². The van der Waals surface area contributed by atoms with Gasteiger partial charge < -0.3 is 9.80 Å². The van der Waals surface area contributed by atoms with E-state index in [0.717, 1.165) is 0 Å². The third kappa shape index (κ3) is 4.31. The Bertz CT molecular complexity index is 714. The second-order valence-electron chi connectivity index (χ2n) is 5.80. The lowest BCUT2D eigenvalue weighted by atomic mass is 10.1. The largest absolute Gasteiger partial charge is 0.339 e. The van der Waals surface area contributed by atoms with Crippen molar-refractivity contribution in [3.63, 3.8) is 0 Å². The van der Waals surface area contributed by atoms with Crippen molar-refractivity contribution < 1.29 is 21.9 Å². The molecule has 0 spiro atoms. The predicted molar refractivity (Wildman–Crippen MR) is 89.0 cm³/mol. The maximum Gasteiger partial charge on any atom is 0.302 e. The van der Waals surface area contributed by atoms with Crippen LogP contribution >= 0.6 is 0 Å². The molecule has 1 heterocycles. The van der Waals surface area contributed by atoms with Gasteiger partial charge in [-0.15, -0.1) is 3.89 Å². The average Bonchev–Trinajstić information content (AvgIpc) is 2.87. The molecule has 24 heavy (non-hydrogen) atoms. The Hall–Kier alpha value is -1.96. The Labute approximate surface area is 141 Å². The first-order valence-corrected chi connectivity index (χ1v) is 9.42. The van der Waals surface area contributed by atoms with Crippen LogP contribution in [-0.4, -0.2) is 50.5 Å². The molecule has 1 atom stereocenters. The predicted octanol–water partition coefficient (Wildman–Crippen LogP) is 1.82. The van der Waals surface area contributed by atoms with Crippen LogP contribution in [0.4, 0.5) is 9.57 Å². The van der Waals surface area contributed by atoms with E-state index in [9.17, 15) is 21.9 Å². The van der Waals surface area contributed by atoms with Crippen molar-refractivity contribution >= 4 is 27.7 Å². The molecule has 6 nitrogen and oxygen atoms in total. The van der Waals surface area contributed by atoms with E-state index in [1.807, 2.05) is 13.8 Å². The molecular formula is C16H21FN2O4S. The minimum Gasteiger partial charge on any atom is -0.339 e. The Kier molecular flexibility index (Phi) is 5.58. The zero-order valence-electron chi connectivity index (χ0n) is 13.7. The highest BCUT2D eigenvalue weighted by atomic mass is 32.3. The number of carbonyl (C=O) groups is 2. The first kappa shape index (κ1) is 18.4. The van der Waals surface area contributed by atoms with Crippen molar-refractivity contribution in [3.05, 3.63) is 29.8 Å². The van der Waals surface area contributed by atoms with Gasteiger partial charge in [0.05, 0.1) is 5.75 Å². The third-order valence-corrected chi connectivity index (χ3v) is 4.99. The standard InChI is InChI=1S/C16H21FN2O4S/c1-3-18(4-2)16(21)13-5-7-14(8-6-13)19-10-12(9-15(19)20)11-24(17,22)23/h5-8,12H,3-4,9-11H2,1-2H3. The van der Waals surface area contributed by atoms with E-state index >= 15 is 0 Å². The molecule has 0 radical (unpaired) electrons. The maximum absolute atomic E-state index is 12.8. The van der Waals surface area contributed by atoms with E-state index in [2.05, 4.69) is 0 Å². The average molecular weight is 356 g/mol. The van der Waals surface area contributed by atoms with Crippen LogP contribution in [0.3, 0.4) is 0 Å². The molecule has 132 valence electrons. The van der Waals surface area contributed by atoms with Gasteiger partial charge in [0.25, 0.3) is 5.91 Å². The van der Waals surface area contributed by atoms with Crippen LogP contribution in [0, 0.1) is 5.92 Å². The molecular weight excluding hydrogens is 335 g/mol. The number of carbonyl (C=O) groups excluding carboxylic acids is 2. The highest BCUT2D eigenvalue weighted by molar-refractivity contribution is 7.86. The van der Waals surface area contributed by atoms with Crippen LogP contribution in [0.15, 0.2) is 24.3 Å². The summed E-state index contributed by atoms with van der Waals surface area (Å²) in [4.78, 5) is 27.4. The Morgan fingerprint density at radius 2 is 1.83 bits per heavy atom. The lowest BCUT2D eigenvalue weighted by molar-refractivity contribution is -0.117. The molecule has 1 aliphatic heterocycles. The molecule has 1 aliphatic rings. The molecule has 1 saturated heterocycles. The number of hydrogen-bond acceptors (Lipinski definition) is 4. The minimum absolute atomic E-state index is 0.00325. The number of anilines is 1. The molecule has 2 rings (SSSR count). The molecule has 0 N–H and O–H groups in total. The van der Waals surface area contributed by atoms with Gasteiger partial charge in [0.15, 0.2) is 0 Å². The summed E-state index contributed by atoms with van der Waals surface area (Å²) in [7, 11) is -4.60. The number of benzene rings is 1. The van der Waals surface area contributed by atoms with Crippen molar-refractivity contribution in [1.82, 2.24) is 4.90 Å². The fraction of sp³-hybridized carbons (Fsp3) is 0.500. The summed E-state index contributed by atoms with van der Waals surface area (Å²) in [6, 6.07) is 6.59. The summed E-state index contributed by atoms with van der Waals surface area (Å²) < 4.78 is 34.3. The Balaban J connectivity index is 2.11. The van der Waals surface area contributed by atoms with E-state index in [-0.39, 0.29) is 24.8 Å². The number of halogens is 1. The van der Waals surface area contributed by atoms with E-state index in [1.165, 1.54) is 4.90 Å². The number of rotatable bonds is 6. The lowest BCUT2D eigenvalue weighted by Crippen LogP contribution is -2.30. The minimum atomic E-state index is -4.60. The first-order valence-electron chi connectivity index (χ1n) is 7.87. The van der Waals surface area contributed by atoms with Crippen molar-refractivity contribution in [2.75, 3.05) is 30.3 Å². The Morgan fingerprint density at radius 3 is 2.33 bits per heavy atom. The van der Waals surface area contributed by atoms with Crippen molar-refractivity contribution in [2.45, 2.75) is 20.3 Å². The highest BCUT2D eigenvalue weighted by Gasteiger charge is 2.33. The zero-order chi connectivity index (χ0) is 17.9. The molecule has 0 bridgehead atoms. The third-order valence-electron chi connectivity index (χ3n) is 4.12. The van der Waals surface area contributed by atoms with E-state index in [1.54, 1.807) is 29.2 Å². The summed E-state index contributed by atoms with van der Waals surface area (Å²) in [5, 5.41) is 0. The summed E-state index contributed by atoms with van der Waals surface area (Å²) in [5.41, 5.74) is 1.10. The van der Waals surface area contributed by atoms with Crippen LogP contribution in [0.5, 0.6) is 0 Å². The maximum atomic E-state index is 12.8. The summed E-state index contributed by atoms with van der Waals surface area (Å²) >= 11 is 0. The second kappa shape index (κ2) is 7.29. The van der Waals surface area contributed by atoms with Gasteiger partial charge in [0, 0.05) is 43.2 Å². The highest BCUT2D eigenvalue weighted by Crippen LogP contribution is 2.26. The number of hydrogen-bond donors (Lipinski definition) is 0. The van der Waals surface area contributed by atoms with Crippen LogP contribution in [0.1, 0.15) is 30.6 Å². The van der Waals surface area contributed by atoms with Crippen LogP contribution in [0.2, 0.25) is 0 Å². The van der Waals surface area contributed by atoms with Gasteiger partial charge in [-0.3, -0.25) is 9.59 Å². The molecule has 1 unspecified atom stereocenters. The summed E-state index contributed by atoms with van der Waals surface area (Å²) in [6.07, 6.45) is 0.00325. The van der Waals surface area contributed by atoms with E-state index in [4.69, 9.17) is 0 Å². The van der Waals surface area contributed by atoms with Crippen molar-refractivity contribution in [2.24, 2.45) is 5.92 Å². The van der Waals surface area contributed by atoms with Crippen LogP contribution < -0.4 is 4.90 Å². The smallest absolute Gasteiger partial charge is 0.302 e. The number of nitrogens with zero attached hydrogens (tertiary/aromatic N) is 2. The molecule has 2 amide bonds. The monoisotopic (exact) mass is 356 g/mol. The zero-order valence-corrected chi connectivity index (χ0v) is 14.6. The van der Waals surface area contributed by atoms with Gasteiger partial charge in [-0.1, -0.05) is 0 Å². The molecule has 0 saturated carbocycles. The van der Waals surface area contributed by atoms with E-state index in [0.29, 0.717) is 24.3 Å². The van der Waals surface area contributed by atoms with Crippen molar-refractivity contribution in [1.29, 1.82) is 0 Å². The van der Waals surface area contributed by atoms with E-state index < -0.39 is 21.9 Å². The van der Waals surface area contributed by atoms with Gasteiger partial charge in [-0.25, -0.2) is 0 Å². The summed E-state index contributed by atoms with van der Waals surface area (Å²) in [6.45, 7) is 5.18. The molecule has 1 aromatic carbocycles.